The summed E-state index contributed by atoms with van der Waals surface area (Å²) in [6, 6.07) is 0. The van der Waals surface area contributed by atoms with Gasteiger partial charge < -0.3 is 4.90 Å². The van der Waals surface area contributed by atoms with Gasteiger partial charge in [0.25, 0.3) is 0 Å². The maximum atomic E-state index is 5.09. The summed E-state index contributed by atoms with van der Waals surface area (Å²) in [7, 11) is 1.60. The molecule has 0 radical (unpaired) electrons. The van der Waals surface area contributed by atoms with Crippen LogP contribution in [0, 0.1) is 0 Å². The maximum absolute atomic E-state index is 5.09. The van der Waals surface area contributed by atoms with Gasteiger partial charge in [-0.2, -0.15) is 0 Å². The number of rotatable bonds is 22. The molecule has 26 heavy (non-hydrogen) atoms. The van der Waals surface area contributed by atoms with E-state index in [-0.39, 0.29) is 0 Å². The van der Waals surface area contributed by atoms with Crippen molar-refractivity contribution in [3.63, 3.8) is 0 Å². The first-order valence-corrected chi connectivity index (χ1v) is 11.7. The maximum Gasteiger partial charge on any atom is 0.0949 e. The van der Waals surface area contributed by atoms with E-state index in [4.69, 9.17) is 9.78 Å². The fourth-order valence-corrected chi connectivity index (χ4v) is 3.52. The molecular formula is C23H49NO2. The van der Waals surface area contributed by atoms with Gasteiger partial charge in [0.05, 0.1) is 13.7 Å². The Hall–Kier alpha value is -0.120. The summed E-state index contributed by atoms with van der Waals surface area (Å²) in [6.07, 6.45) is 22.3. The second-order valence-corrected chi connectivity index (χ2v) is 7.78. The molecule has 0 atom stereocenters. The van der Waals surface area contributed by atoms with E-state index < -0.39 is 0 Å². The van der Waals surface area contributed by atoms with Crippen LogP contribution in [0.1, 0.15) is 117 Å². The van der Waals surface area contributed by atoms with E-state index in [2.05, 4.69) is 18.7 Å². The van der Waals surface area contributed by atoms with E-state index >= 15 is 0 Å². The topological polar surface area (TPSA) is 21.7 Å². The summed E-state index contributed by atoms with van der Waals surface area (Å²) in [5.74, 6) is 0. The van der Waals surface area contributed by atoms with Gasteiger partial charge in [-0.1, -0.05) is 104 Å². The van der Waals surface area contributed by atoms with Gasteiger partial charge in [0, 0.05) is 6.54 Å². The number of nitrogens with zero attached hydrogens (tertiary/aromatic N) is 1. The van der Waals surface area contributed by atoms with Crippen LogP contribution >= 0.6 is 0 Å². The fraction of sp³-hybridized carbons (Fsp3) is 1.00. The molecule has 0 bridgehead atoms. The Morgan fingerprint density at radius 2 is 0.885 bits per heavy atom. The highest BCUT2D eigenvalue weighted by Crippen LogP contribution is 2.11. The van der Waals surface area contributed by atoms with Gasteiger partial charge in [0.15, 0.2) is 0 Å². The summed E-state index contributed by atoms with van der Waals surface area (Å²) < 4.78 is 0. The molecule has 0 N–H and O–H groups in total. The average molecular weight is 372 g/mol. The molecule has 0 aliphatic heterocycles. The van der Waals surface area contributed by atoms with Crippen molar-refractivity contribution in [2.75, 3.05) is 33.4 Å². The minimum absolute atomic E-state index is 0.685. The molecule has 0 heterocycles. The van der Waals surface area contributed by atoms with E-state index in [0.29, 0.717) is 6.61 Å². The van der Waals surface area contributed by atoms with Gasteiger partial charge >= 0.3 is 0 Å². The van der Waals surface area contributed by atoms with Crippen molar-refractivity contribution >= 4 is 0 Å². The Bertz CT molecular complexity index is 228. The lowest BCUT2D eigenvalue weighted by Crippen LogP contribution is -2.29. The predicted octanol–water partition coefficient (Wildman–Crippen LogP) is 7.15. The van der Waals surface area contributed by atoms with Crippen LogP contribution in [0.25, 0.3) is 0 Å². The molecule has 0 rings (SSSR count). The molecule has 0 unspecified atom stereocenters. The first-order chi connectivity index (χ1) is 12.8. The van der Waals surface area contributed by atoms with Crippen molar-refractivity contribution in [3.8, 4) is 0 Å². The molecule has 3 nitrogen and oxygen atoms in total. The zero-order valence-corrected chi connectivity index (χ0v) is 18.4. The quantitative estimate of drug-likeness (QED) is 0.115. The van der Waals surface area contributed by atoms with Crippen LogP contribution in [0.2, 0.25) is 0 Å². The largest absolute Gasteiger partial charge is 0.301 e. The van der Waals surface area contributed by atoms with Crippen LogP contribution in [0.3, 0.4) is 0 Å². The Balaban J connectivity index is 3.63. The lowest BCUT2D eigenvalue weighted by atomic mass is 10.1. The zero-order valence-electron chi connectivity index (χ0n) is 18.4. The fourth-order valence-electron chi connectivity index (χ4n) is 3.52. The van der Waals surface area contributed by atoms with Crippen LogP contribution < -0.4 is 0 Å². The highest BCUT2D eigenvalue weighted by atomic mass is 17.2. The zero-order chi connectivity index (χ0) is 19.1. The molecule has 0 aromatic carbocycles. The molecule has 158 valence electrons. The van der Waals surface area contributed by atoms with Crippen molar-refractivity contribution in [1.29, 1.82) is 0 Å². The molecule has 0 aromatic heterocycles. The normalized spacial score (nSPS) is 11.5. The molecule has 0 amide bonds. The van der Waals surface area contributed by atoms with Crippen LogP contribution in [0.5, 0.6) is 0 Å². The predicted molar refractivity (Wildman–Crippen MR) is 115 cm³/mol. The molecule has 0 spiro atoms. The molecule has 0 aliphatic rings. The van der Waals surface area contributed by atoms with E-state index in [9.17, 15) is 0 Å². The Morgan fingerprint density at radius 3 is 1.27 bits per heavy atom. The van der Waals surface area contributed by atoms with Crippen molar-refractivity contribution in [2.45, 2.75) is 117 Å². The van der Waals surface area contributed by atoms with Crippen molar-refractivity contribution in [2.24, 2.45) is 0 Å². The molecular weight excluding hydrogens is 322 g/mol. The van der Waals surface area contributed by atoms with E-state index in [1.54, 1.807) is 7.11 Å². The second-order valence-electron chi connectivity index (χ2n) is 7.78. The van der Waals surface area contributed by atoms with Gasteiger partial charge in [-0.25, -0.2) is 9.78 Å². The first-order valence-electron chi connectivity index (χ1n) is 11.7. The summed E-state index contributed by atoms with van der Waals surface area (Å²) in [4.78, 5) is 12.4. The number of hydrogen-bond donors (Lipinski definition) is 0. The summed E-state index contributed by atoms with van der Waals surface area (Å²) in [6.45, 7) is 8.70. The third-order valence-corrected chi connectivity index (χ3v) is 5.26. The van der Waals surface area contributed by atoms with Crippen molar-refractivity contribution in [1.82, 2.24) is 4.90 Å². The third kappa shape index (κ3) is 20.2. The van der Waals surface area contributed by atoms with Gasteiger partial charge in [-0.15, -0.1) is 0 Å². The highest BCUT2D eigenvalue weighted by molar-refractivity contribution is 4.59. The van der Waals surface area contributed by atoms with E-state index in [1.165, 1.54) is 116 Å². The summed E-state index contributed by atoms with van der Waals surface area (Å²) >= 11 is 0. The first kappa shape index (κ1) is 25.9. The monoisotopic (exact) mass is 371 g/mol. The van der Waals surface area contributed by atoms with Gasteiger partial charge in [0.1, 0.15) is 0 Å². The Morgan fingerprint density at radius 1 is 0.500 bits per heavy atom. The second kappa shape index (κ2) is 22.9. The van der Waals surface area contributed by atoms with Crippen LogP contribution in [-0.2, 0) is 9.78 Å². The molecule has 0 saturated carbocycles. The molecule has 3 heteroatoms. The van der Waals surface area contributed by atoms with Gasteiger partial charge in [-0.05, 0) is 25.9 Å². The van der Waals surface area contributed by atoms with Crippen LogP contribution in [0.15, 0.2) is 0 Å². The van der Waals surface area contributed by atoms with E-state index in [1.807, 2.05) is 0 Å². The SMILES string of the molecule is CCCCCCCCCCN(CCCCCCCCCC)CCOOC. The van der Waals surface area contributed by atoms with Gasteiger partial charge in [-0.3, -0.25) is 0 Å². The molecule has 0 aromatic rings. The summed E-state index contributed by atoms with van der Waals surface area (Å²) in [5, 5.41) is 0. The number of hydrogen-bond acceptors (Lipinski definition) is 3. The molecule has 0 fully saturated rings. The smallest absolute Gasteiger partial charge is 0.0949 e. The Labute approximate surface area is 165 Å². The van der Waals surface area contributed by atoms with Crippen LogP contribution in [0.4, 0.5) is 0 Å². The lowest BCUT2D eigenvalue weighted by molar-refractivity contribution is -0.273. The minimum Gasteiger partial charge on any atom is -0.301 e. The molecule has 0 saturated heterocycles. The average Bonchev–Trinajstić information content (AvgIpc) is 2.65. The van der Waals surface area contributed by atoms with Crippen LogP contribution in [-0.4, -0.2) is 38.3 Å². The standard InChI is InChI=1S/C23H49NO2/c1-4-6-8-10-12-14-16-18-20-24(22-23-26-25-3)21-19-17-15-13-11-9-7-5-2/h4-23H2,1-3H3. The van der Waals surface area contributed by atoms with E-state index in [0.717, 1.165) is 6.54 Å². The third-order valence-electron chi connectivity index (χ3n) is 5.26. The highest BCUT2D eigenvalue weighted by Gasteiger charge is 2.05. The Kier molecular flexibility index (Phi) is 22.8. The van der Waals surface area contributed by atoms with Gasteiger partial charge in [0.2, 0.25) is 0 Å². The van der Waals surface area contributed by atoms with Crippen molar-refractivity contribution in [3.05, 3.63) is 0 Å². The summed E-state index contributed by atoms with van der Waals surface area (Å²) in [5.41, 5.74) is 0. The molecule has 0 aliphatic carbocycles. The van der Waals surface area contributed by atoms with Crippen molar-refractivity contribution < 1.29 is 9.78 Å². The minimum atomic E-state index is 0.685. The number of unbranched alkanes of at least 4 members (excludes halogenated alkanes) is 14. The lowest BCUT2D eigenvalue weighted by Gasteiger charge is -2.21.